The SMILES string of the molecule is C/C=C(\C(=O)O[C@@H]1Cc2c3c(c4oc(CO)cc(=O)c4c2O)[C@H]2C4=CCNC(N)=C4[C@@H](CCc4ccc(O)cc4[C@H]2CO)[C@H]2CCC4=CC(NCC)NC=C4C[C@@H]2[C@]1(C)O3)[C@]1(O)CC[C@H](c2cccc3c2CC[C@H]2[C@H](CO)CC[C@@]32O)C1. The minimum absolute atomic E-state index is 0.0137. The molecular weight excluding hydrogens is 1040 g/mol. The first-order valence-corrected chi connectivity index (χ1v) is 30.0. The molecule has 4 aromatic rings. The van der Waals surface area contributed by atoms with Gasteiger partial charge in [-0.25, -0.2) is 4.79 Å². The van der Waals surface area contributed by atoms with Gasteiger partial charge in [-0.05, 0) is 195 Å². The van der Waals surface area contributed by atoms with Gasteiger partial charge in [0.1, 0.15) is 58.1 Å². The van der Waals surface area contributed by atoms with E-state index in [1.807, 2.05) is 25.1 Å². The molecule has 5 aliphatic carbocycles. The molecule has 0 radical (unpaired) electrons. The molecule has 16 nitrogen and oxygen atoms in total. The molecule has 3 saturated carbocycles. The number of ether oxygens (including phenoxy) is 2. The Hall–Kier alpha value is -6.40. The van der Waals surface area contributed by atoms with Crippen molar-refractivity contribution in [2.24, 2.45) is 35.3 Å². The van der Waals surface area contributed by atoms with Crippen molar-refractivity contribution in [1.82, 2.24) is 16.0 Å². The van der Waals surface area contributed by atoms with Crippen LogP contribution >= 0.6 is 0 Å². The van der Waals surface area contributed by atoms with Crippen LogP contribution in [0.1, 0.15) is 147 Å². The molecule has 0 saturated heterocycles. The van der Waals surface area contributed by atoms with E-state index in [0.717, 1.165) is 70.8 Å². The van der Waals surface area contributed by atoms with Gasteiger partial charge in [-0.1, -0.05) is 43.3 Å². The first-order valence-electron chi connectivity index (χ1n) is 30.0. The van der Waals surface area contributed by atoms with Gasteiger partial charge in [0.25, 0.3) is 0 Å². The normalized spacial score (nSPS) is 33.6. The third kappa shape index (κ3) is 8.50. The average Bonchev–Trinajstić information content (AvgIpc) is 1.30. The van der Waals surface area contributed by atoms with Crippen LogP contribution in [0.2, 0.25) is 0 Å². The highest BCUT2D eigenvalue weighted by Gasteiger charge is 2.59. The number of rotatable bonds is 9. The summed E-state index contributed by atoms with van der Waals surface area (Å²) < 4.78 is 21.4. The molecule has 13 rings (SSSR count). The van der Waals surface area contributed by atoms with E-state index in [9.17, 15) is 40.5 Å². The van der Waals surface area contributed by atoms with Crippen LogP contribution in [-0.4, -0.2) is 91.5 Å². The molecule has 3 fully saturated rings. The number of aromatic hydroxyl groups is 2. The third-order valence-electron chi connectivity index (χ3n) is 21.4. The monoisotopic (exact) mass is 1120 g/mol. The van der Waals surface area contributed by atoms with Gasteiger partial charge in [0.2, 0.25) is 0 Å². The lowest BCUT2D eigenvalue weighted by Gasteiger charge is -2.52. The van der Waals surface area contributed by atoms with Gasteiger partial charge in [-0.15, -0.1) is 0 Å². The maximum atomic E-state index is 15.6. The summed E-state index contributed by atoms with van der Waals surface area (Å²) in [4.78, 5) is 30.2. The Morgan fingerprint density at radius 2 is 1.78 bits per heavy atom. The van der Waals surface area contributed by atoms with Gasteiger partial charge < -0.3 is 66.0 Å². The lowest BCUT2D eigenvalue weighted by atomic mass is 9.61. The summed E-state index contributed by atoms with van der Waals surface area (Å²) in [5, 5.41) is 92.6. The number of aliphatic hydroxyl groups is 5. The second-order valence-electron chi connectivity index (χ2n) is 25.2. The largest absolute Gasteiger partial charge is 0.508 e. The number of phenolic OH excluding ortho intramolecular Hbond substituents is 2. The number of likely N-dealkylation sites (N-methyl/N-ethyl adjacent to an activating group) is 1. The Morgan fingerprint density at radius 3 is 2.56 bits per heavy atom. The molecule has 9 aliphatic rings. The summed E-state index contributed by atoms with van der Waals surface area (Å²) in [6.07, 6.45) is 13.7. The van der Waals surface area contributed by atoms with E-state index >= 15 is 4.79 Å². The van der Waals surface area contributed by atoms with Crippen molar-refractivity contribution in [3.8, 4) is 17.2 Å². The first-order chi connectivity index (χ1) is 39.6. The number of hydrogen-bond donors (Lipinski definition) is 11. The highest BCUT2D eigenvalue weighted by atomic mass is 16.6. The zero-order chi connectivity index (χ0) is 57.1. The molecule has 1 aromatic heterocycles. The summed E-state index contributed by atoms with van der Waals surface area (Å²) in [6.45, 7) is 5.88. The fourth-order valence-electron chi connectivity index (χ4n) is 17.5. The predicted octanol–water partition coefficient (Wildman–Crippen LogP) is 7.00. The van der Waals surface area contributed by atoms with Crippen LogP contribution in [0.25, 0.3) is 11.0 Å². The molecule has 0 spiro atoms. The average molecular weight is 1120 g/mol. The predicted molar refractivity (Wildman–Crippen MR) is 307 cm³/mol. The van der Waals surface area contributed by atoms with Crippen molar-refractivity contribution < 1.29 is 54.4 Å². The van der Waals surface area contributed by atoms with Gasteiger partial charge in [0, 0.05) is 60.7 Å². The van der Waals surface area contributed by atoms with Gasteiger partial charge in [-0.3, -0.25) is 10.1 Å². The number of allylic oxidation sites excluding steroid dienone is 5. The molecule has 0 amide bonds. The molecule has 4 aliphatic heterocycles. The summed E-state index contributed by atoms with van der Waals surface area (Å²) in [5.74, 6) is -3.21. The van der Waals surface area contributed by atoms with Gasteiger partial charge >= 0.3 is 5.97 Å². The number of dihydropyridines is 2. The van der Waals surface area contributed by atoms with E-state index in [-0.39, 0.29) is 101 Å². The van der Waals surface area contributed by atoms with Crippen LogP contribution in [0.15, 0.2) is 110 Å². The number of carbonyl (C=O) groups excluding carboxylic acids is 1. The molecule has 82 heavy (non-hydrogen) atoms. The number of fused-ring (bicyclic) bond motifs is 12. The van der Waals surface area contributed by atoms with Crippen LogP contribution < -0.4 is 31.8 Å². The summed E-state index contributed by atoms with van der Waals surface area (Å²) >= 11 is 0. The highest BCUT2D eigenvalue weighted by molar-refractivity contribution is 5.93. The number of aliphatic hydroxyl groups excluding tert-OH is 3. The van der Waals surface area contributed by atoms with Crippen LogP contribution in [0.4, 0.5) is 0 Å². The topological polar surface area (TPSA) is 269 Å². The minimum Gasteiger partial charge on any atom is -0.508 e. The first kappa shape index (κ1) is 54.8. The van der Waals surface area contributed by atoms with Crippen molar-refractivity contribution >= 4 is 16.9 Å². The van der Waals surface area contributed by atoms with Crippen molar-refractivity contribution in [3.63, 3.8) is 0 Å². The second-order valence-corrected chi connectivity index (χ2v) is 25.2. The van der Waals surface area contributed by atoms with Crippen molar-refractivity contribution in [2.75, 3.05) is 26.3 Å². The fraction of sp³-hybridized carbons (Fsp3) is 0.515. The van der Waals surface area contributed by atoms with Crippen LogP contribution in [-0.2, 0) is 41.0 Å². The second kappa shape index (κ2) is 20.7. The van der Waals surface area contributed by atoms with Crippen LogP contribution in [0.5, 0.6) is 17.2 Å². The number of phenols is 2. The van der Waals surface area contributed by atoms with E-state index in [1.165, 1.54) is 5.57 Å². The Morgan fingerprint density at radius 1 is 0.939 bits per heavy atom. The summed E-state index contributed by atoms with van der Waals surface area (Å²) in [5.41, 5.74) is 11.9. The number of carbonyl (C=O) groups is 1. The maximum Gasteiger partial charge on any atom is 0.337 e. The summed E-state index contributed by atoms with van der Waals surface area (Å²) in [7, 11) is 0. The van der Waals surface area contributed by atoms with E-state index in [0.29, 0.717) is 68.4 Å². The number of benzene rings is 3. The lowest BCUT2D eigenvalue weighted by Crippen LogP contribution is -2.59. The van der Waals surface area contributed by atoms with E-state index < -0.39 is 71.0 Å². The Bertz CT molecular complexity index is 3510. The van der Waals surface area contributed by atoms with Crippen LogP contribution in [0, 0.1) is 29.6 Å². The zero-order valence-corrected chi connectivity index (χ0v) is 47.1. The smallest absolute Gasteiger partial charge is 0.337 e. The molecule has 13 atom stereocenters. The van der Waals surface area contributed by atoms with Crippen molar-refractivity contribution in [3.05, 3.63) is 156 Å². The Labute approximate surface area is 477 Å². The molecule has 1 unspecified atom stereocenters. The molecular formula is C66H78N4O12. The maximum absolute atomic E-state index is 15.6. The Balaban J connectivity index is 0.980. The standard InChI is InChI=1S/C66H78N4O12/c1-4-48(65(78)20-17-35(28-65)40-7-6-8-50-41(40)15-16-49-36(30-71)18-21-66(49,50)79)63(77)81-53-27-46-59(76)57-52(75)26-39(31-72)80-61(57)58-55-44-19-22-69-62(67)56(44)43(14-10-33-9-12-38(74)25-45(33)47(55)32-73)42-13-11-34-24-54(68-5-2)70-29-37(34)23-51(42)64(53,3)82-60(46)58/h4,6-9,12,19,24-26,29,35-36,42-43,47,49,51,53-55,68-74,76,78-79H,5,10-11,13-18,20-23,27-28,30-32,67H2,1-3H3/b48-4+/t35-,36-,42+,43-,47+,49-,51-,53+,54?,55-,64-,65-,66-/m0/s1. The number of nitrogens with two attached hydrogens (primary N) is 1. The molecule has 16 heteroatoms. The lowest BCUT2D eigenvalue weighted by molar-refractivity contribution is -0.171. The van der Waals surface area contributed by atoms with E-state index in [2.05, 4.69) is 47.3 Å². The fourth-order valence-corrected chi connectivity index (χ4v) is 17.5. The highest BCUT2D eigenvalue weighted by Crippen LogP contribution is 2.62. The van der Waals surface area contributed by atoms with E-state index in [1.54, 1.807) is 25.1 Å². The number of hydrogen-bond acceptors (Lipinski definition) is 16. The van der Waals surface area contributed by atoms with Gasteiger partial charge in [0.15, 0.2) is 5.43 Å². The molecule has 3 aromatic carbocycles. The summed E-state index contributed by atoms with van der Waals surface area (Å²) in [6, 6.07) is 12.5. The van der Waals surface area contributed by atoms with Crippen molar-refractivity contribution in [2.45, 2.75) is 158 Å². The Kier molecular flexibility index (Phi) is 13.9. The van der Waals surface area contributed by atoms with E-state index in [4.69, 9.17) is 19.6 Å². The quantitative estimate of drug-likeness (QED) is 0.0595. The van der Waals surface area contributed by atoms with Gasteiger partial charge in [-0.2, -0.15) is 0 Å². The number of esters is 1. The molecule has 4 bridgehead atoms. The van der Waals surface area contributed by atoms with Crippen LogP contribution in [0.3, 0.4) is 0 Å². The van der Waals surface area contributed by atoms with Gasteiger partial charge in [0.05, 0.1) is 29.5 Å². The number of nitrogens with one attached hydrogen (secondary N) is 3. The zero-order valence-electron chi connectivity index (χ0n) is 47.1. The minimum atomic E-state index is -1.59. The molecule has 12 N–H and O–H groups in total. The molecule has 5 heterocycles. The van der Waals surface area contributed by atoms with Crippen molar-refractivity contribution in [1.29, 1.82) is 0 Å². The number of aryl methyl sites for hydroxylation is 1. The molecule has 434 valence electrons. The third-order valence-corrected chi connectivity index (χ3v) is 21.4.